The van der Waals surface area contributed by atoms with Crippen molar-refractivity contribution in [1.82, 2.24) is 0 Å². The molecule has 0 bridgehead atoms. The molecule has 0 heterocycles. The van der Waals surface area contributed by atoms with Gasteiger partial charge in [0.25, 0.3) is 5.91 Å². The molecule has 3 aromatic rings. The third kappa shape index (κ3) is 5.24. The summed E-state index contributed by atoms with van der Waals surface area (Å²) in [6.07, 6.45) is 3.05. The van der Waals surface area contributed by atoms with Crippen LogP contribution in [0.15, 0.2) is 72.8 Å². The number of methoxy groups -OCH3 is 1. The largest absolute Gasteiger partial charge is 0.504 e. The number of halogens is 1. The molecule has 0 atom stereocenters. The first-order valence-corrected chi connectivity index (χ1v) is 9.10. The van der Waals surface area contributed by atoms with Crippen molar-refractivity contribution in [2.75, 3.05) is 12.4 Å². The zero-order chi connectivity index (χ0) is 20.8. The first-order chi connectivity index (χ1) is 14.0. The molecule has 0 unspecified atom stereocenters. The molecule has 1 amide bonds. The number of phenolic OH excluding ortho intramolecular Hbond substituents is 1. The fourth-order valence-corrected chi connectivity index (χ4v) is 2.75. The molecule has 0 aliphatic heterocycles. The molecule has 6 heteroatoms. The maximum absolute atomic E-state index is 12.5. The average molecular weight is 408 g/mol. The zero-order valence-electron chi connectivity index (χ0n) is 15.6. The van der Waals surface area contributed by atoms with E-state index in [1.165, 1.54) is 19.3 Å². The predicted octanol–water partition coefficient (Wildman–Crippen LogP) is 5.20. The van der Waals surface area contributed by atoms with Crippen LogP contribution in [-0.2, 0) is 0 Å². The number of amides is 1. The van der Waals surface area contributed by atoms with Crippen LogP contribution < -0.4 is 10.1 Å². The minimum Gasteiger partial charge on any atom is -0.504 e. The Labute approximate surface area is 173 Å². The van der Waals surface area contributed by atoms with E-state index < -0.39 is 0 Å². The molecule has 0 saturated carbocycles. The van der Waals surface area contributed by atoms with Gasteiger partial charge in [-0.1, -0.05) is 35.9 Å². The third-order valence-electron chi connectivity index (χ3n) is 4.14. The van der Waals surface area contributed by atoms with Crippen molar-refractivity contribution in [3.8, 4) is 11.5 Å². The Balaban J connectivity index is 1.72. The van der Waals surface area contributed by atoms with E-state index in [0.29, 0.717) is 33.1 Å². The van der Waals surface area contributed by atoms with E-state index in [1.807, 2.05) is 0 Å². The molecular weight excluding hydrogens is 390 g/mol. The molecule has 3 rings (SSSR count). The Morgan fingerprint density at radius 1 is 1.00 bits per heavy atom. The molecule has 2 N–H and O–H groups in total. The SMILES string of the molecule is COc1cc(/C=C/C(=O)c2cccc(NC(=O)c3ccc(Cl)cc3)c2)ccc1O. The van der Waals surface area contributed by atoms with Gasteiger partial charge in [-0.2, -0.15) is 0 Å². The summed E-state index contributed by atoms with van der Waals surface area (Å²) in [5.41, 5.74) is 2.11. The average Bonchev–Trinajstić information content (AvgIpc) is 2.73. The Morgan fingerprint density at radius 3 is 2.48 bits per heavy atom. The maximum atomic E-state index is 12.5. The van der Waals surface area contributed by atoms with Crippen molar-refractivity contribution in [2.45, 2.75) is 0 Å². The van der Waals surface area contributed by atoms with Crippen LogP contribution in [0, 0.1) is 0 Å². The fraction of sp³-hybridized carbons (Fsp3) is 0.0435. The highest BCUT2D eigenvalue weighted by molar-refractivity contribution is 6.30. The number of nitrogens with one attached hydrogen (secondary N) is 1. The van der Waals surface area contributed by atoms with Crippen LogP contribution in [0.4, 0.5) is 5.69 Å². The van der Waals surface area contributed by atoms with Crippen LogP contribution in [0.3, 0.4) is 0 Å². The van der Waals surface area contributed by atoms with E-state index in [-0.39, 0.29) is 17.4 Å². The highest BCUT2D eigenvalue weighted by Gasteiger charge is 2.08. The number of hydrogen-bond donors (Lipinski definition) is 2. The molecule has 0 saturated heterocycles. The van der Waals surface area contributed by atoms with Gasteiger partial charge in [-0.05, 0) is 60.2 Å². The van der Waals surface area contributed by atoms with Gasteiger partial charge in [0.05, 0.1) is 7.11 Å². The monoisotopic (exact) mass is 407 g/mol. The second-order valence-corrected chi connectivity index (χ2v) is 6.61. The summed E-state index contributed by atoms with van der Waals surface area (Å²) >= 11 is 5.84. The number of anilines is 1. The summed E-state index contributed by atoms with van der Waals surface area (Å²) in [6.45, 7) is 0. The van der Waals surface area contributed by atoms with E-state index in [2.05, 4.69) is 5.32 Å². The lowest BCUT2D eigenvalue weighted by Gasteiger charge is -2.07. The van der Waals surface area contributed by atoms with Crippen LogP contribution >= 0.6 is 11.6 Å². The van der Waals surface area contributed by atoms with Crippen LogP contribution in [0.25, 0.3) is 6.08 Å². The van der Waals surface area contributed by atoms with Crippen molar-refractivity contribution in [2.24, 2.45) is 0 Å². The second-order valence-electron chi connectivity index (χ2n) is 6.17. The molecule has 29 heavy (non-hydrogen) atoms. The molecule has 0 aromatic heterocycles. The van der Waals surface area contributed by atoms with Crippen LogP contribution in [0.5, 0.6) is 11.5 Å². The number of ether oxygens (including phenoxy) is 1. The minimum absolute atomic E-state index is 0.0279. The summed E-state index contributed by atoms with van der Waals surface area (Å²) in [7, 11) is 1.46. The van der Waals surface area contributed by atoms with Crippen LogP contribution in [-0.4, -0.2) is 23.9 Å². The Bertz CT molecular complexity index is 1070. The van der Waals surface area contributed by atoms with E-state index in [9.17, 15) is 14.7 Å². The Kier molecular flexibility index (Phi) is 6.32. The van der Waals surface area contributed by atoms with E-state index in [0.717, 1.165) is 0 Å². The third-order valence-corrected chi connectivity index (χ3v) is 4.39. The first kappa shape index (κ1) is 20.2. The second kappa shape index (κ2) is 9.08. The Hall–Kier alpha value is -3.57. The van der Waals surface area contributed by atoms with Gasteiger partial charge in [0.15, 0.2) is 17.3 Å². The van der Waals surface area contributed by atoms with Gasteiger partial charge < -0.3 is 15.2 Å². The zero-order valence-corrected chi connectivity index (χ0v) is 16.3. The van der Waals surface area contributed by atoms with Crippen molar-refractivity contribution in [1.29, 1.82) is 0 Å². The summed E-state index contributed by atoms with van der Waals surface area (Å²) in [5.74, 6) is -0.163. The van der Waals surface area contributed by atoms with Gasteiger partial charge in [-0.15, -0.1) is 0 Å². The predicted molar refractivity (Wildman–Crippen MR) is 114 cm³/mol. The Morgan fingerprint density at radius 2 is 1.76 bits per heavy atom. The quantitative estimate of drug-likeness (QED) is 0.435. The lowest BCUT2D eigenvalue weighted by molar-refractivity contribution is 0.102. The summed E-state index contributed by atoms with van der Waals surface area (Å²) < 4.78 is 5.06. The van der Waals surface area contributed by atoms with Gasteiger partial charge in [0.2, 0.25) is 0 Å². The number of carbonyl (C=O) groups excluding carboxylic acids is 2. The number of aromatic hydroxyl groups is 1. The van der Waals surface area contributed by atoms with Gasteiger partial charge >= 0.3 is 0 Å². The molecule has 0 spiro atoms. The minimum atomic E-state index is -0.294. The summed E-state index contributed by atoms with van der Waals surface area (Å²) in [5, 5.41) is 12.9. The molecule has 3 aromatic carbocycles. The molecule has 146 valence electrons. The highest BCUT2D eigenvalue weighted by atomic mass is 35.5. The van der Waals surface area contributed by atoms with Crippen molar-refractivity contribution in [3.05, 3.63) is 94.5 Å². The van der Waals surface area contributed by atoms with Crippen molar-refractivity contribution < 1.29 is 19.4 Å². The number of ketones is 1. The molecular formula is C23H18ClNO4. The number of carbonyl (C=O) groups is 2. The smallest absolute Gasteiger partial charge is 0.255 e. The lowest BCUT2D eigenvalue weighted by Crippen LogP contribution is -2.12. The van der Waals surface area contributed by atoms with Crippen LogP contribution in [0.2, 0.25) is 5.02 Å². The number of rotatable bonds is 6. The number of allylic oxidation sites excluding steroid dienone is 1. The summed E-state index contributed by atoms with van der Waals surface area (Å²) in [4.78, 5) is 24.8. The van der Waals surface area contributed by atoms with Gasteiger partial charge in [0.1, 0.15) is 0 Å². The maximum Gasteiger partial charge on any atom is 0.255 e. The number of benzene rings is 3. The van der Waals surface area contributed by atoms with E-state index in [1.54, 1.807) is 66.7 Å². The standard InChI is InChI=1S/C23H18ClNO4/c1-29-22-13-15(6-12-21(22)27)5-11-20(26)17-3-2-4-19(14-17)25-23(28)16-7-9-18(24)10-8-16/h2-14,27H,1H3,(H,25,28)/b11-5+. The number of phenols is 1. The number of hydrogen-bond acceptors (Lipinski definition) is 4. The fourth-order valence-electron chi connectivity index (χ4n) is 2.62. The molecule has 0 fully saturated rings. The van der Waals surface area contributed by atoms with E-state index >= 15 is 0 Å². The van der Waals surface area contributed by atoms with Gasteiger partial charge in [-0.25, -0.2) is 0 Å². The van der Waals surface area contributed by atoms with Crippen molar-refractivity contribution in [3.63, 3.8) is 0 Å². The molecule has 5 nitrogen and oxygen atoms in total. The van der Waals surface area contributed by atoms with Gasteiger partial charge in [-0.3, -0.25) is 9.59 Å². The first-order valence-electron chi connectivity index (χ1n) is 8.72. The van der Waals surface area contributed by atoms with Crippen LogP contribution in [0.1, 0.15) is 26.3 Å². The highest BCUT2D eigenvalue weighted by Crippen LogP contribution is 2.26. The molecule has 0 aliphatic rings. The summed E-state index contributed by atoms with van der Waals surface area (Å²) in [6, 6.07) is 18.0. The van der Waals surface area contributed by atoms with Gasteiger partial charge in [0, 0.05) is 21.8 Å². The normalized spacial score (nSPS) is 10.7. The van der Waals surface area contributed by atoms with Crippen molar-refractivity contribution >= 4 is 35.1 Å². The molecule has 0 aliphatic carbocycles. The van der Waals surface area contributed by atoms with E-state index in [4.69, 9.17) is 16.3 Å². The lowest BCUT2D eigenvalue weighted by atomic mass is 10.1. The topological polar surface area (TPSA) is 75.6 Å². The molecule has 0 radical (unpaired) electrons.